The van der Waals surface area contributed by atoms with Crippen molar-refractivity contribution >= 4 is 22.7 Å². The Morgan fingerprint density at radius 1 is 0.778 bits per heavy atom. The van der Waals surface area contributed by atoms with Crippen LogP contribution in [0, 0.1) is 10.1 Å². The third-order valence-electron chi connectivity index (χ3n) is 5.27. The van der Waals surface area contributed by atoms with E-state index in [4.69, 9.17) is 4.74 Å². The number of piperazine rings is 1. The van der Waals surface area contributed by atoms with Gasteiger partial charge >= 0.3 is 0 Å². The summed E-state index contributed by atoms with van der Waals surface area (Å²) in [5, 5.41) is 11.5. The van der Waals surface area contributed by atoms with Gasteiger partial charge in [-0.2, -0.15) is 0 Å². The summed E-state index contributed by atoms with van der Waals surface area (Å²) < 4.78 is 5.39. The predicted octanol–water partition coefficient (Wildman–Crippen LogP) is 2.76. The number of morpholine rings is 1. The van der Waals surface area contributed by atoms with E-state index in [1.54, 1.807) is 6.07 Å². The van der Waals surface area contributed by atoms with E-state index in [2.05, 4.69) is 39.0 Å². The van der Waals surface area contributed by atoms with Crippen molar-refractivity contribution in [2.24, 2.45) is 0 Å². The maximum Gasteiger partial charge on any atom is 0.292 e. The van der Waals surface area contributed by atoms with Crippen molar-refractivity contribution in [1.82, 2.24) is 0 Å². The Balaban J connectivity index is 1.51. The molecule has 2 aromatic rings. The van der Waals surface area contributed by atoms with E-state index >= 15 is 0 Å². The van der Waals surface area contributed by atoms with E-state index < -0.39 is 0 Å². The molecule has 2 aliphatic heterocycles. The summed E-state index contributed by atoms with van der Waals surface area (Å²) in [4.78, 5) is 17.9. The van der Waals surface area contributed by atoms with Gasteiger partial charge in [-0.05, 0) is 24.3 Å². The average molecular weight is 368 g/mol. The Morgan fingerprint density at radius 3 is 2.04 bits per heavy atom. The van der Waals surface area contributed by atoms with Gasteiger partial charge in [-0.15, -0.1) is 0 Å². The topological polar surface area (TPSA) is 62.1 Å². The number of rotatable bonds is 4. The second kappa shape index (κ2) is 7.84. The van der Waals surface area contributed by atoms with Crippen LogP contribution in [0.4, 0.5) is 22.7 Å². The number of ether oxygens (including phenoxy) is 1. The normalized spacial score (nSPS) is 17.9. The van der Waals surface area contributed by atoms with Gasteiger partial charge in [-0.25, -0.2) is 0 Å². The van der Waals surface area contributed by atoms with Crippen molar-refractivity contribution in [2.75, 3.05) is 67.2 Å². The van der Waals surface area contributed by atoms with Crippen LogP contribution in [0.2, 0.25) is 0 Å². The molecular formula is C20H24N4O3. The molecule has 27 heavy (non-hydrogen) atoms. The first kappa shape index (κ1) is 17.6. The fourth-order valence-corrected chi connectivity index (χ4v) is 3.78. The third kappa shape index (κ3) is 3.83. The number of nitro groups is 1. The van der Waals surface area contributed by atoms with Crippen LogP contribution < -0.4 is 14.7 Å². The lowest BCUT2D eigenvalue weighted by molar-refractivity contribution is -0.384. The minimum absolute atomic E-state index is 0.170. The quantitative estimate of drug-likeness (QED) is 0.611. The maximum absolute atomic E-state index is 11.5. The molecule has 142 valence electrons. The molecule has 0 N–H and O–H groups in total. The Hall–Kier alpha value is -2.80. The molecule has 0 unspecified atom stereocenters. The van der Waals surface area contributed by atoms with Crippen molar-refractivity contribution < 1.29 is 9.66 Å². The Bertz CT molecular complexity index is 785. The molecule has 2 heterocycles. The lowest BCUT2D eigenvalue weighted by Gasteiger charge is -2.38. The predicted molar refractivity (Wildman–Crippen MR) is 107 cm³/mol. The molecule has 0 bridgehead atoms. The molecule has 2 aliphatic rings. The molecule has 0 radical (unpaired) electrons. The van der Waals surface area contributed by atoms with E-state index in [0.717, 1.165) is 31.9 Å². The highest BCUT2D eigenvalue weighted by Gasteiger charge is 2.24. The molecule has 0 aromatic heterocycles. The first-order valence-corrected chi connectivity index (χ1v) is 9.38. The zero-order valence-corrected chi connectivity index (χ0v) is 15.3. The molecule has 4 rings (SSSR count). The van der Waals surface area contributed by atoms with Gasteiger partial charge in [0.1, 0.15) is 5.69 Å². The van der Waals surface area contributed by atoms with Crippen molar-refractivity contribution in [3.05, 3.63) is 58.6 Å². The summed E-state index contributed by atoms with van der Waals surface area (Å²) in [7, 11) is 0. The summed E-state index contributed by atoms with van der Waals surface area (Å²) >= 11 is 0. The first-order valence-electron chi connectivity index (χ1n) is 9.38. The second-order valence-electron chi connectivity index (χ2n) is 6.84. The van der Waals surface area contributed by atoms with Crippen molar-refractivity contribution in [2.45, 2.75) is 0 Å². The van der Waals surface area contributed by atoms with E-state index in [9.17, 15) is 10.1 Å². The first-order chi connectivity index (χ1) is 13.2. The molecule has 0 spiro atoms. The van der Waals surface area contributed by atoms with Gasteiger partial charge in [-0.1, -0.05) is 18.2 Å². The third-order valence-corrected chi connectivity index (χ3v) is 5.27. The minimum Gasteiger partial charge on any atom is -0.378 e. The van der Waals surface area contributed by atoms with Crippen LogP contribution in [0.5, 0.6) is 0 Å². The number of hydrogen-bond acceptors (Lipinski definition) is 6. The molecule has 0 amide bonds. The summed E-state index contributed by atoms with van der Waals surface area (Å²) in [6.07, 6.45) is 0. The van der Waals surface area contributed by atoms with Gasteiger partial charge < -0.3 is 19.4 Å². The zero-order chi connectivity index (χ0) is 18.6. The van der Waals surface area contributed by atoms with Gasteiger partial charge in [-0.3, -0.25) is 10.1 Å². The number of nitrogens with zero attached hydrogens (tertiary/aromatic N) is 4. The van der Waals surface area contributed by atoms with Crippen molar-refractivity contribution in [1.29, 1.82) is 0 Å². The van der Waals surface area contributed by atoms with Crippen molar-refractivity contribution in [3.8, 4) is 0 Å². The van der Waals surface area contributed by atoms with E-state index in [0.29, 0.717) is 32.0 Å². The fraction of sp³-hybridized carbons (Fsp3) is 0.400. The SMILES string of the molecule is O=[N+]([O-])c1ccc(N2CCN(c3ccccc3)CC2)cc1N1CCOCC1. The summed E-state index contributed by atoms with van der Waals surface area (Å²) in [6.45, 7) is 6.26. The number of anilines is 3. The lowest BCUT2D eigenvalue weighted by atomic mass is 10.1. The van der Waals surface area contributed by atoms with E-state index in [1.165, 1.54) is 5.69 Å². The highest BCUT2D eigenvalue weighted by Crippen LogP contribution is 2.33. The summed E-state index contributed by atoms with van der Waals surface area (Å²) in [5.74, 6) is 0. The van der Waals surface area contributed by atoms with Gasteiger partial charge in [0.2, 0.25) is 0 Å². The van der Waals surface area contributed by atoms with Gasteiger partial charge in [0, 0.05) is 56.7 Å². The van der Waals surface area contributed by atoms with Crippen LogP contribution in [0.25, 0.3) is 0 Å². The molecule has 2 fully saturated rings. The molecule has 7 heteroatoms. The lowest BCUT2D eigenvalue weighted by Crippen LogP contribution is -2.46. The standard InChI is InChI=1S/C20H24N4O3/c25-24(26)19-7-6-18(16-20(19)23-12-14-27-15-13-23)22-10-8-21(9-11-22)17-4-2-1-3-5-17/h1-7,16H,8-15H2. The fourth-order valence-electron chi connectivity index (χ4n) is 3.78. The van der Waals surface area contributed by atoms with Crippen LogP contribution in [0.15, 0.2) is 48.5 Å². The maximum atomic E-state index is 11.5. The van der Waals surface area contributed by atoms with Gasteiger partial charge in [0.05, 0.1) is 18.1 Å². The molecular weight excluding hydrogens is 344 g/mol. The number of benzene rings is 2. The van der Waals surface area contributed by atoms with Crippen LogP contribution in [-0.2, 0) is 4.74 Å². The highest BCUT2D eigenvalue weighted by atomic mass is 16.6. The summed E-state index contributed by atoms with van der Waals surface area (Å²) in [5.41, 5.74) is 3.17. The van der Waals surface area contributed by atoms with E-state index in [-0.39, 0.29) is 10.6 Å². The molecule has 0 atom stereocenters. The second-order valence-corrected chi connectivity index (χ2v) is 6.84. The number of nitro benzene ring substituents is 1. The molecule has 0 saturated carbocycles. The van der Waals surface area contributed by atoms with Crippen LogP contribution in [0.3, 0.4) is 0 Å². The largest absolute Gasteiger partial charge is 0.378 e. The van der Waals surface area contributed by atoms with Gasteiger partial charge in [0.15, 0.2) is 0 Å². The molecule has 2 saturated heterocycles. The Kier molecular flexibility index (Phi) is 5.11. The van der Waals surface area contributed by atoms with Crippen LogP contribution in [0.1, 0.15) is 0 Å². The number of hydrogen-bond donors (Lipinski definition) is 0. The summed E-state index contributed by atoms with van der Waals surface area (Å²) in [6, 6.07) is 15.9. The minimum atomic E-state index is -0.290. The Labute approximate surface area is 158 Å². The molecule has 0 aliphatic carbocycles. The monoisotopic (exact) mass is 368 g/mol. The Morgan fingerprint density at radius 2 is 1.41 bits per heavy atom. The molecule has 7 nitrogen and oxygen atoms in total. The van der Waals surface area contributed by atoms with Crippen molar-refractivity contribution in [3.63, 3.8) is 0 Å². The smallest absolute Gasteiger partial charge is 0.292 e. The van der Waals surface area contributed by atoms with Gasteiger partial charge in [0.25, 0.3) is 5.69 Å². The van der Waals surface area contributed by atoms with Crippen LogP contribution in [-0.4, -0.2) is 57.4 Å². The average Bonchev–Trinajstić information content (AvgIpc) is 2.74. The molecule has 2 aromatic carbocycles. The number of para-hydroxylation sites is 1. The van der Waals surface area contributed by atoms with E-state index in [1.807, 2.05) is 18.2 Å². The highest BCUT2D eigenvalue weighted by molar-refractivity contribution is 5.71. The zero-order valence-electron chi connectivity index (χ0n) is 15.3. The van der Waals surface area contributed by atoms with Crippen LogP contribution >= 0.6 is 0 Å².